The van der Waals surface area contributed by atoms with Gasteiger partial charge >= 0.3 is 5.97 Å². The molecule has 0 unspecified atom stereocenters. The Bertz CT molecular complexity index is 115. The first kappa shape index (κ1) is 11.4. The van der Waals surface area contributed by atoms with Gasteiger partial charge in [0.2, 0.25) is 0 Å². The van der Waals surface area contributed by atoms with E-state index in [-0.39, 0.29) is 5.97 Å². The number of carbonyl (C=O) groups excluding carboxylic acids is 1. The summed E-state index contributed by atoms with van der Waals surface area (Å²) >= 11 is 0. The summed E-state index contributed by atoms with van der Waals surface area (Å²) in [5.41, 5.74) is 0. The quantitative estimate of drug-likeness (QED) is 0.361. The largest absolute Gasteiger partial charge is 0.450 e. The molecule has 0 saturated carbocycles. The van der Waals surface area contributed by atoms with Crippen molar-refractivity contribution < 1.29 is 9.53 Å². The smallest absolute Gasteiger partial charge is 0.306 e. The van der Waals surface area contributed by atoms with E-state index in [9.17, 15) is 4.79 Å². The Morgan fingerprint density at radius 1 is 1.33 bits per heavy atom. The van der Waals surface area contributed by atoms with Crippen LogP contribution in [0, 0.1) is 0 Å². The number of esters is 1. The molecule has 0 radical (unpaired) electrons. The van der Waals surface area contributed by atoms with Crippen molar-refractivity contribution in [1.29, 1.82) is 0 Å². The molecule has 3 heteroatoms. The second-order valence-corrected chi connectivity index (χ2v) is 2.72. The molecule has 0 aromatic heterocycles. The predicted octanol–water partition coefficient (Wildman–Crippen LogP) is 1.68. The molecule has 3 nitrogen and oxygen atoms in total. The molecule has 0 spiro atoms. The van der Waals surface area contributed by atoms with Crippen LogP contribution >= 0.6 is 0 Å². The summed E-state index contributed by atoms with van der Waals surface area (Å²) in [7, 11) is 0. The summed E-state index contributed by atoms with van der Waals surface area (Å²) in [6.45, 7) is 5.25. The number of rotatable bonds is 7. The average molecular weight is 173 g/mol. The minimum atomic E-state index is -0.141. The zero-order valence-electron chi connectivity index (χ0n) is 8.06. The molecule has 0 aromatic carbocycles. The van der Waals surface area contributed by atoms with Crippen LogP contribution in [0.3, 0.4) is 0 Å². The molecule has 12 heavy (non-hydrogen) atoms. The van der Waals surface area contributed by atoms with Crippen LogP contribution in [0.2, 0.25) is 0 Å². The predicted molar refractivity (Wildman–Crippen MR) is 48.8 cm³/mol. The highest BCUT2D eigenvalue weighted by molar-refractivity contribution is 5.68. The van der Waals surface area contributed by atoms with Gasteiger partial charge in [-0.05, 0) is 13.0 Å². The van der Waals surface area contributed by atoms with Gasteiger partial charge in [0.1, 0.15) is 6.73 Å². The number of carbonyl (C=O) groups is 1. The maximum atomic E-state index is 10.6. The van der Waals surface area contributed by atoms with Gasteiger partial charge in [-0.2, -0.15) is 0 Å². The van der Waals surface area contributed by atoms with E-state index >= 15 is 0 Å². The van der Waals surface area contributed by atoms with Gasteiger partial charge in [-0.1, -0.05) is 26.7 Å². The normalized spacial score (nSPS) is 9.83. The number of hydrogen-bond donors (Lipinski definition) is 1. The zero-order chi connectivity index (χ0) is 9.23. The SMILES string of the molecule is CCCCCNCOC(=O)CC. The molecule has 0 atom stereocenters. The molecule has 0 bridgehead atoms. The van der Waals surface area contributed by atoms with Crippen LogP contribution in [0.25, 0.3) is 0 Å². The molecule has 0 rings (SSSR count). The Morgan fingerprint density at radius 3 is 2.67 bits per heavy atom. The van der Waals surface area contributed by atoms with E-state index in [1.54, 1.807) is 6.92 Å². The molecule has 0 aliphatic rings. The Kier molecular flexibility index (Phi) is 8.12. The number of ether oxygens (including phenoxy) is 1. The summed E-state index contributed by atoms with van der Waals surface area (Å²) in [5, 5.41) is 3.04. The van der Waals surface area contributed by atoms with Gasteiger partial charge in [0.25, 0.3) is 0 Å². The van der Waals surface area contributed by atoms with Crippen molar-refractivity contribution in [2.75, 3.05) is 13.3 Å². The van der Waals surface area contributed by atoms with E-state index in [0.717, 1.165) is 13.0 Å². The Balaban J connectivity index is 2.95. The van der Waals surface area contributed by atoms with E-state index in [4.69, 9.17) is 4.74 Å². The molecular weight excluding hydrogens is 154 g/mol. The minimum Gasteiger partial charge on any atom is -0.450 e. The van der Waals surface area contributed by atoms with Crippen molar-refractivity contribution in [1.82, 2.24) is 5.32 Å². The van der Waals surface area contributed by atoms with Gasteiger partial charge in [-0.25, -0.2) is 0 Å². The first-order chi connectivity index (χ1) is 5.81. The average Bonchev–Trinajstić information content (AvgIpc) is 2.10. The number of unbranched alkanes of at least 4 members (excludes halogenated alkanes) is 2. The van der Waals surface area contributed by atoms with Crippen LogP contribution in [0.15, 0.2) is 0 Å². The van der Waals surface area contributed by atoms with Crippen LogP contribution < -0.4 is 5.32 Å². The Morgan fingerprint density at radius 2 is 2.08 bits per heavy atom. The van der Waals surface area contributed by atoms with Crippen molar-refractivity contribution in [3.8, 4) is 0 Å². The number of nitrogens with one attached hydrogen (secondary N) is 1. The van der Waals surface area contributed by atoms with Crippen LogP contribution in [0.5, 0.6) is 0 Å². The summed E-state index contributed by atoms with van der Waals surface area (Å²) in [5.74, 6) is -0.141. The molecule has 0 aliphatic heterocycles. The third-order valence-electron chi connectivity index (χ3n) is 1.58. The van der Waals surface area contributed by atoms with Crippen molar-refractivity contribution in [3.63, 3.8) is 0 Å². The third-order valence-corrected chi connectivity index (χ3v) is 1.58. The Hall–Kier alpha value is -0.570. The molecule has 1 N–H and O–H groups in total. The van der Waals surface area contributed by atoms with Gasteiger partial charge in [0.15, 0.2) is 0 Å². The second-order valence-electron chi connectivity index (χ2n) is 2.72. The highest BCUT2D eigenvalue weighted by atomic mass is 16.5. The van der Waals surface area contributed by atoms with E-state index in [1.165, 1.54) is 12.8 Å². The topological polar surface area (TPSA) is 38.3 Å². The lowest BCUT2D eigenvalue weighted by molar-refractivity contribution is -0.144. The van der Waals surface area contributed by atoms with E-state index in [1.807, 2.05) is 0 Å². The molecule has 0 aliphatic carbocycles. The van der Waals surface area contributed by atoms with Crippen LogP contribution in [0.4, 0.5) is 0 Å². The van der Waals surface area contributed by atoms with E-state index < -0.39 is 0 Å². The highest BCUT2D eigenvalue weighted by Gasteiger charge is 1.95. The second kappa shape index (κ2) is 8.53. The molecule has 0 heterocycles. The van der Waals surface area contributed by atoms with Crippen LogP contribution in [-0.2, 0) is 9.53 Å². The molecule has 0 aromatic rings. The monoisotopic (exact) mass is 173 g/mol. The molecule has 72 valence electrons. The molecule has 0 saturated heterocycles. The van der Waals surface area contributed by atoms with Gasteiger partial charge < -0.3 is 4.74 Å². The lowest BCUT2D eigenvalue weighted by atomic mass is 10.2. The van der Waals surface area contributed by atoms with Gasteiger partial charge in [-0.3, -0.25) is 10.1 Å². The fourth-order valence-corrected chi connectivity index (χ4v) is 0.806. The maximum absolute atomic E-state index is 10.6. The van der Waals surface area contributed by atoms with Crippen LogP contribution in [-0.4, -0.2) is 19.2 Å². The minimum absolute atomic E-state index is 0.141. The van der Waals surface area contributed by atoms with Crippen molar-refractivity contribution in [2.24, 2.45) is 0 Å². The van der Waals surface area contributed by atoms with E-state index in [0.29, 0.717) is 13.2 Å². The van der Waals surface area contributed by atoms with Gasteiger partial charge in [-0.15, -0.1) is 0 Å². The highest BCUT2D eigenvalue weighted by Crippen LogP contribution is 1.90. The first-order valence-corrected chi connectivity index (χ1v) is 4.67. The Labute approximate surface area is 74.5 Å². The standard InChI is InChI=1S/C9H19NO2/c1-3-5-6-7-10-8-12-9(11)4-2/h10H,3-8H2,1-2H3. The zero-order valence-corrected chi connectivity index (χ0v) is 8.06. The summed E-state index contributed by atoms with van der Waals surface area (Å²) in [6, 6.07) is 0. The summed E-state index contributed by atoms with van der Waals surface area (Å²) < 4.78 is 4.82. The lowest BCUT2D eigenvalue weighted by Gasteiger charge is -2.04. The molecule has 0 amide bonds. The third kappa shape index (κ3) is 7.54. The summed E-state index contributed by atoms with van der Waals surface area (Å²) in [6.07, 6.45) is 4.06. The van der Waals surface area contributed by atoms with Crippen molar-refractivity contribution >= 4 is 5.97 Å². The molecule has 0 fully saturated rings. The molecular formula is C9H19NO2. The lowest BCUT2D eigenvalue weighted by Crippen LogP contribution is -2.21. The van der Waals surface area contributed by atoms with Crippen molar-refractivity contribution in [3.05, 3.63) is 0 Å². The summed E-state index contributed by atoms with van der Waals surface area (Å²) in [4.78, 5) is 10.6. The first-order valence-electron chi connectivity index (χ1n) is 4.67. The fraction of sp³-hybridized carbons (Fsp3) is 0.889. The van der Waals surface area contributed by atoms with Gasteiger partial charge in [0, 0.05) is 6.42 Å². The van der Waals surface area contributed by atoms with E-state index in [2.05, 4.69) is 12.2 Å². The van der Waals surface area contributed by atoms with Crippen LogP contribution in [0.1, 0.15) is 39.5 Å². The maximum Gasteiger partial charge on any atom is 0.306 e. The fourth-order valence-electron chi connectivity index (χ4n) is 0.806. The van der Waals surface area contributed by atoms with Crippen molar-refractivity contribution in [2.45, 2.75) is 39.5 Å². The number of hydrogen-bond acceptors (Lipinski definition) is 3. The van der Waals surface area contributed by atoms with Gasteiger partial charge in [0.05, 0.1) is 0 Å².